The molecular formula is C8H9ClO4S2. The molecule has 0 N–H and O–H groups in total. The minimum Gasteiger partial charge on any atom is -0.224 e. The summed E-state index contributed by atoms with van der Waals surface area (Å²) in [7, 11) is -2.01. The first-order chi connectivity index (χ1) is 6.77. The van der Waals surface area contributed by atoms with Crippen LogP contribution in [0.3, 0.4) is 0 Å². The van der Waals surface area contributed by atoms with Gasteiger partial charge in [0.05, 0.1) is 15.5 Å². The smallest absolute Gasteiger partial charge is 0.224 e. The highest BCUT2D eigenvalue weighted by Crippen LogP contribution is 2.18. The maximum Gasteiger partial charge on any atom is 0.261 e. The SMILES string of the molecule is CCS(=O)(=O)c1ccc(S(=O)(=O)Cl)cc1. The highest BCUT2D eigenvalue weighted by atomic mass is 35.7. The minimum absolute atomic E-state index is 0.0278. The molecule has 0 aliphatic carbocycles. The van der Waals surface area contributed by atoms with Crippen molar-refractivity contribution in [2.75, 3.05) is 5.75 Å². The summed E-state index contributed by atoms with van der Waals surface area (Å²) in [5.41, 5.74) is 0. The van der Waals surface area contributed by atoms with Crippen LogP contribution in [-0.4, -0.2) is 22.6 Å². The zero-order valence-electron chi connectivity index (χ0n) is 7.84. The molecule has 1 aromatic carbocycles. The summed E-state index contributed by atoms with van der Waals surface area (Å²) in [5, 5.41) is 0. The summed E-state index contributed by atoms with van der Waals surface area (Å²) >= 11 is 0. The standard InChI is InChI=1S/C8H9ClO4S2/c1-2-14(10,11)7-3-5-8(6-4-7)15(9,12)13/h3-6H,2H2,1H3. The minimum atomic E-state index is -3.79. The average Bonchev–Trinajstić information content (AvgIpc) is 2.17. The van der Waals surface area contributed by atoms with Gasteiger partial charge in [-0.2, -0.15) is 0 Å². The van der Waals surface area contributed by atoms with Gasteiger partial charge in [-0.25, -0.2) is 16.8 Å². The van der Waals surface area contributed by atoms with E-state index in [0.29, 0.717) is 0 Å². The van der Waals surface area contributed by atoms with Gasteiger partial charge >= 0.3 is 0 Å². The number of halogens is 1. The lowest BCUT2D eigenvalue weighted by atomic mass is 10.4. The van der Waals surface area contributed by atoms with Crippen LogP contribution in [0.25, 0.3) is 0 Å². The number of benzene rings is 1. The molecule has 0 saturated carbocycles. The highest BCUT2D eigenvalue weighted by Gasteiger charge is 2.14. The average molecular weight is 269 g/mol. The normalized spacial score (nSPS) is 12.7. The van der Waals surface area contributed by atoms with Crippen molar-refractivity contribution < 1.29 is 16.8 Å². The van der Waals surface area contributed by atoms with Gasteiger partial charge in [-0.05, 0) is 24.3 Å². The highest BCUT2D eigenvalue weighted by molar-refractivity contribution is 8.13. The van der Waals surface area contributed by atoms with Crippen LogP contribution in [0.5, 0.6) is 0 Å². The molecule has 0 aliphatic heterocycles. The van der Waals surface area contributed by atoms with Gasteiger partial charge in [0.25, 0.3) is 9.05 Å². The van der Waals surface area contributed by atoms with Crippen LogP contribution in [0.1, 0.15) is 6.92 Å². The third-order valence-electron chi connectivity index (χ3n) is 1.84. The van der Waals surface area contributed by atoms with E-state index in [9.17, 15) is 16.8 Å². The third-order valence-corrected chi connectivity index (χ3v) is 4.96. The van der Waals surface area contributed by atoms with E-state index in [1.54, 1.807) is 0 Å². The first-order valence-corrected chi connectivity index (χ1v) is 8.01. The van der Waals surface area contributed by atoms with Crippen LogP contribution >= 0.6 is 10.7 Å². The zero-order chi connectivity index (χ0) is 11.7. The molecule has 0 unspecified atom stereocenters. The number of rotatable bonds is 3. The van der Waals surface area contributed by atoms with Gasteiger partial charge in [-0.1, -0.05) is 6.92 Å². The van der Waals surface area contributed by atoms with E-state index in [1.807, 2.05) is 0 Å². The molecule has 0 saturated heterocycles. The van der Waals surface area contributed by atoms with Gasteiger partial charge in [0.2, 0.25) is 0 Å². The molecule has 84 valence electrons. The van der Waals surface area contributed by atoms with Crippen LogP contribution < -0.4 is 0 Å². The fourth-order valence-corrected chi connectivity index (χ4v) is 2.63. The van der Waals surface area contributed by atoms with Crippen molar-refractivity contribution in [1.29, 1.82) is 0 Å². The fourth-order valence-electron chi connectivity index (χ4n) is 0.976. The summed E-state index contributed by atoms with van der Waals surface area (Å²) in [6.07, 6.45) is 0. The van der Waals surface area contributed by atoms with Gasteiger partial charge in [0.15, 0.2) is 9.84 Å². The van der Waals surface area contributed by atoms with Crippen molar-refractivity contribution in [3.8, 4) is 0 Å². The lowest BCUT2D eigenvalue weighted by Gasteiger charge is -2.01. The molecular weight excluding hydrogens is 260 g/mol. The second-order valence-electron chi connectivity index (χ2n) is 2.81. The van der Waals surface area contributed by atoms with Crippen LogP contribution in [0, 0.1) is 0 Å². The number of sulfone groups is 1. The molecule has 0 fully saturated rings. The molecule has 1 aromatic rings. The number of hydrogen-bond donors (Lipinski definition) is 0. The lowest BCUT2D eigenvalue weighted by Crippen LogP contribution is -2.03. The largest absolute Gasteiger partial charge is 0.261 e. The van der Waals surface area contributed by atoms with Gasteiger partial charge in [0, 0.05) is 10.7 Å². The van der Waals surface area contributed by atoms with Crippen LogP contribution in [0.4, 0.5) is 0 Å². The topological polar surface area (TPSA) is 68.3 Å². The molecule has 4 nitrogen and oxygen atoms in total. The predicted molar refractivity (Wildman–Crippen MR) is 57.2 cm³/mol. The first kappa shape index (κ1) is 12.5. The lowest BCUT2D eigenvalue weighted by molar-refractivity contribution is 0.596. The van der Waals surface area contributed by atoms with Crippen LogP contribution in [0.2, 0.25) is 0 Å². The van der Waals surface area contributed by atoms with Gasteiger partial charge < -0.3 is 0 Å². The van der Waals surface area contributed by atoms with E-state index >= 15 is 0 Å². The third kappa shape index (κ3) is 2.93. The van der Waals surface area contributed by atoms with Crippen molar-refractivity contribution in [1.82, 2.24) is 0 Å². The quantitative estimate of drug-likeness (QED) is 0.778. The summed E-state index contributed by atoms with van der Waals surface area (Å²) in [4.78, 5) is -0.0201. The second kappa shape index (κ2) is 4.11. The van der Waals surface area contributed by atoms with Gasteiger partial charge in [0.1, 0.15) is 0 Å². The van der Waals surface area contributed by atoms with Crippen molar-refractivity contribution in [3.63, 3.8) is 0 Å². The summed E-state index contributed by atoms with van der Waals surface area (Å²) in [6.45, 7) is 1.52. The predicted octanol–water partition coefficient (Wildman–Crippen LogP) is 1.41. The van der Waals surface area contributed by atoms with Crippen molar-refractivity contribution >= 4 is 29.6 Å². The van der Waals surface area contributed by atoms with E-state index in [-0.39, 0.29) is 15.5 Å². The van der Waals surface area contributed by atoms with Crippen molar-refractivity contribution in [2.24, 2.45) is 0 Å². The zero-order valence-corrected chi connectivity index (χ0v) is 10.2. The fraction of sp³-hybridized carbons (Fsp3) is 0.250. The monoisotopic (exact) mass is 268 g/mol. The molecule has 0 heterocycles. The Morgan fingerprint density at radius 1 is 1.00 bits per heavy atom. The van der Waals surface area contributed by atoms with Crippen molar-refractivity contribution in [3.05, 3.63) is 24.3 Å². The second-order valence-corrected chi connectivity index (χ2v) is 7.66. The summed E-state index contributed by atoms with van der Waals surface area (Å²) in [6, 6.07) is 4.80. The van der Waals surface area contributed by atoms with Gasteiger partial charge in [-0.15, -0.1) is 0 Å². The molecule has 0 aromatic heterocycles. The molecule has 1 rings (SSSR count). The molecule has 0 amide bonds. The molecule has 0 radical (unpaired) electrons. The maximum absolute atomic E-state index is 11.4. The Balaban J connectivity index is 3.24. The molecule has 0 bridgehead atoms. The number of hydrogen-bond acceptors (Lipinski definition) is 4. The molecule has 15 heavy (non-hydrogen) atoms. The molecule has 0 atom stereocenters. The molecule has 0 aliphatic rings. The van der Waals surface area contributed by atoms with Crippen molar-refractivity contribution in [2.45, 2.75) is 16.7 Å². The van der Waals surface area contributed by atoms with Crippen LogP contribution in [-0.2, 0) is 18.9 Å². The van der Waals surface area contributed by atoms with E-state index in [4.69, 9.17) is 10.7 Å². The Kier molecular flexibility index (Phi) is 3.42. The van der Waals surface area contributed by atoms with E-state index in [0.717, 1.165) is 0 Å². The van der Waals surface area contributed by atoms with E-state index in [2.05, 4.69) is 0 Å². The van der Waals surface area contributed by atoms with E-state index in [1.165, 1.54) is 31.2 Å². The Bertz CT molecular complexity index is 543. The Hall–Kier alpha value is -0.590. The first-order valence-electron chi connectivity index (χ1n) is 4.05. The summed E-state index contributed by atoms with van der Waals surface area (Å²) < 4.78 is 44.5. The van der Waals surface area contributed by atoms with E-state index < -0.39 is 18.9 Å². The Morgan fingerprint density at radius 3 is 1.73 bits per heavy atom. The van der Waals surface area contributed by atoms with Crippen LogP contribution in [0.15, 0.2) is 34.1 Å². The molecule has 0 spiro atoms. The summed E-state index contributed by atoms with van der Waals surface area (Å²) in [5.74, 6) is -0.0278. The Morgan fingerprint density at radius 2 is 1.40 bits per heavy atom. The van der Waals surface area contributed by atoms with Gasteiger partial charge in [-0.3, -0.25) is 0 Å². The molecule has 7 heteroatoms. The maximum atomic E-state index is 11.4. The Labute approximate surface area is 93.2 Å².